The zero-order valence-electron chi connectivity index (χ0n) is 17.1. The van der Waals surface area contributed by atoms with Crippen molar-refractivity contribution in [2.45, 2.75) is 24.5 Å². The van der Waals surface area contributed by atoms with Crippen molar-refractivity contribution < 1.29 is 4.79 Å². The average molecular weight is 431 g/mol. The maximum Gasteiger partial charge on any atom is 0.256 e. The second-order valence-corrected chi connectivity index (χ2v) is 9.40. The van der Waals surface area contributed by atoms with Crippen LogP contribution >= 0.6 is 11.8 Å². The Hall–Kier alpha value is -3.13. The number of carbonyl (C=O) groups is 1. The molecule has 31 heavy (non-hydrogen) atoms. The molecule has 3 atom stereocenters. The van der Waals surface area contributed by atoms with E-state index in [1.807, 2.05) is 49.4 Å². The SMILES string of the molecule is Cc1ccc(-n2nccn2)c(C(=O)N2C[C@H]3C[C@H]3[C@H]2CSc2nc3ccccc3[nH]2)c1. The third-order valence-corrected chi connectivity index (χ3v) is 7.31. The molecule has 0 bridgehead atoms. The quantitative estimate of drug-likeness (QED) is 0.488. The number of hydrogen-bond acceptors (Lipinski definition) is 5. The molecule has 2 aromatic carbocycles. The highest BCUT2D eigenvalue weighted by Crippen LogP contribution is 2.51. The molecule has 156 valence electrons. The molecule has 1 saturated carbocycles. The Morgan fingerprint density at radius 2 is 2.03 bits per heavy atom. The Balaban J connectivity index is 1.26. The van der Waals surface area contributed by atoms with Gasteiger partial charge in [-0.2, -0.15) is 15.0 Å². The molecule has 2 aliphatic rings. The van der Waals surface area contributed by atoms with Crippen LogP contribution in [0, 0.1) is 18.8 Å². The number of likely N-dealkylation sites (tertiary alicyclic amines) is 1. The molecular weight excluding hydrogens is 408 g/mol. The lowest BCUT2D eigenvalue weighted by Crippen LogP contribution is -2.40. The van der Waals surface area contributed by atoms with Gasteiger partial charge in [0.15, 0.2) is 5.16 Å². The van der Waals surface area contributed by atoms with E-state index in [0.29, 0.717) is 17.4 Å². The number of carbonyl (C=O) groups excluding carboxylic acids is 1. The van der Waals surface area contributed by atoms with Crippen molar-refractivity contribution in [2.75, 3.05) is 12.3 Å². The van der Waals surface area contributed by atoms with Gasteiger partial charge in [0.1, 0.15) is 0 Å². The van der Waals surface area contributed by atoms with Gasteiger partial charge in [0, 0.05) is 18.3 Å². The van der Waals surface area contributed by atoms with Crippen LogP contribution < -0.4 is 0 Å². The lowest BCUT2D eigenvalue weighted by molar-refractivity contribution is 0.0722. The van der Waals surface area contributed by atoms with Crippen LogP contribution in [0.25, 0.3) is 16.7 Å². The molecule has 7 nitrogen and oxygen atoms in total. The minimum absolute atomic E-state index is 0.0680. The maximum atomic E-state index is 13.7. The fraction of sp³-hybridized carbons (Fsp3) is 0.304. The van der Waals surface area contributed by atoms with Crippen LogP contribution in [0.5, 0.6) is 0 Å². The Morgan fingerprint density at radius 3 is 2.87 bits per heavy atom. The molecule has 1 aliphatic carbocycles. The van der Waals surface area contributed by atoms with Crippen molar-refractivity contribution >= 4 is 28.7 Å². The molecule has 1 saturated heterocycles. The van der Waals surface area contributed by atoms with E-state index in [1.165, 1.54) is 11.2 Å². The zero-order chi connectivity index (χ0) is 20.9. The number of nitrogens with zero attached hydrogens (tertiary/aromatic N) is 5. The predicted molar refractivity (Wildman–Crippen MR) is 119 cm³/mol. The van der Waals surface area contributed by atoms with Gasteiger partial charge in [-0.25, -0.2) is 4.98 Å². The van der Waals surface area contributed by atoms with E-state index >= 15 is 0 Å². The second-order valence-electron chi connectivity index (χ2n) is 8.39. The summed E-state index contributed by atoms with van der Waals surface area (Å²) in [7, 11) is 0. The first kappa shape index (κ1) is 18.6. The number of rotatable bonds is 5. The molecule has 0 spiro atoms. The summed E-state index contributed by atoms with van der Waals surface area (Å²) in [6.07, 6.45) is 4.48. The first-order chi connectivity index (χ1) is 15.2. The van der Waals surface area contributed by atoms with Crippen molar-refractivity contribution in [1.82, 2.24) is 29.9 Å². The molecule has 8 heteroatoms. The summed E-state index contributed by atoms with van der Waals surface area (Å²) in [4.78, 5) is 25.3. The molecule has 4 aromatic rings. The van der Waals surface area contributed by atoms with Gasteiger partial charge >= 0.3 is 0 Å². The summed E-state index contributed by atoms with van der Waals surface area (Å²) in [5.74, 6) is 2.13. The van der Waals surface area contributed by atoms with Gasteiger partial charge in [0.2, 0.25) is 0 Å². The molecule has 1 N–H and O–H groups in total. The molecule has 6 rings (SSSR count). The van der Waals surface area contributed by atoms with E-state index in [1.54, 1.807) is 24.2 Å². The Morgan fingerprint density at radius 1 is 1.19 bits per heavy atom. The molecule has 2 fully saturated rings. The molecule has 0 radical (unpaired) electrons. The van der Waals surface area contributed by atoms with Crippen LogP contribution in [-0.4, -0.2) is 54.1 Å². The third kappa shape index (κ3) is 3.31. The van der Waals surface area contributed by atoms with Crippen LogP contribution in [0.15, 0.2) is 60.0 Å². The van der Waals surface area contributed by atoms with E-state index in [-0.39, 0.29) is 11.9 Å². The van der Waals surface area contributed by atoms with Gasteiger partial charge in [-0.05, 0) is 49.4 Å². The van der Waals surface area contributed by atoms with E-state index in [9.17, 15) is 4.79 Å². The van der Waals surface area contributed by atoms with E-state index in [4.69, 9.17) is 0 Å². The third-order valence-electron chi connectivity index (χ3n) is 6.34. The summed E-state index contributed by atoms with van der Waals surface area (Å²) in [6, 6.07) is 14.2. The second kappa shape index (κ2) is 7.23. The number of hydrogen-bond donors (Lipinski definition) is 1. The van der Waals surface area contributed by atoms with Gasteiger partial charge in [-0.3, -0.25) is 4.79 Å². The summed E-state index contributed by atoms with van der Waals surface area (Å²) in [5.41, 5.74) is 4.47. The number of aryl methyl sites for hydroxylation is 1. The summed E-state index contributed by atoms with van der Waals surface area (Å²) in [6.45, 7) is 2.84. The minimum atomic E-state index is 0.0680. The Bertz CT molecular complexity index is 1230. The van der Waals surface area contributed by atoms with Crippen LogP contribution in [0.3, 0.4) is 0 Å². The molecule has 3 heterocycles. The van der Waals surface area contributed by atoms with Crippen molar-refractivity contribution in [2.24, 2.45) is 11.8 Å². The van der Waals surface area contributed by atoms with Crippen LogP contribution in [0.1, 0.15) is 22.3 Å². The highest BCUT2D eigenvalue weighted by molar-refractivity contribution is 7.99. The first-order valence-corrected chi connectivity index (χ1v) is 11.5. The number of aromatic nitrogens is 5. The summed E-state index contributed by atoms with van der Waals surface area (Å²) in [5, 5.41) is 9.40. The summed E-state index contributed by atoms with van der Waals surface area (Å²) < 4.78 is 0. The lowest BCUT2D eigenvalue weighted by Gasteiger charge is -2.28. The number of benzene rings is 2. The topological polar surface area (TPSA) is 79.7 Å². The van der Waals surface area contributed by atoms with Crippen LogP contribution in [0.2, 0.25) is 0 Å². The fourth-order valence-corrected chi connectivity index (χ4v) is 5.77. The van der Waals surface area contributed by atoms with Gasteiger partial charge in [0.25, 0.3) is 5.91 Å². The first-order valence-electron chi connectivity index (χ1n) is 10.5. The number of para-hydroxylation sites is 2. The minimum Gasteiger partial charge on any atom is -0.334 e. The molecule has 2 aromatic heterocycles. The Labute approximate surface area is 183 Å². The van der Waals surface area contributed by atoms with E-state index in [2.05, 4.69) is 25.1 Å². The molecule has 1 amide bonds. The normalized spacial score (nSPS) is 22.1. The highest BCUT2D eigenvalue weighted by Gasteiger charge is 2.54. The summed E-state index contributed by atoms with van der Waals surface area (Å²) >= 11 is 1.70. The maximum absolute atomic E-state index is 13.7. The van der Waals surface area contributed by atoms with Crippen molar-refractivity contribution in [3.05, 3.63) is 66.0 Å². The van der Waals surface area contributed by atoms with Gasteiger partial charge in [0.05, 0.1) is 34.7 Å². The van der Waals surface area contributed by atoms with E-state index < -0.39 is 0 Å². The van der Waals surface area contributed by atoms with Crippen molar-refractivity contribution in [3.8, 4) is 5.69 Å². The van der Waals surface area contributed by atoms with Gasteiger partial charge < -0.3 is 9.88 Å². The van der Waals surface area contributed by atoms with Crippen LogP contribution in [0.4, 0.5) is 0 Å². The monoisotopic (exact) mass is 430 g/mol. The largest absolute Gasteiger partial charge is 0.334 e. The number of aromatic amines is 1. The predicted octanol–water partition coefficient (Wildman–Crippen LogP) is 3.70. The van der Waals surface area contributed by atoms with Crippen LogP contribution in [-0.2, 0) is 0 Å². The highest BCUT2D eigenvalue weighted by atomic mass is 32.2. The van der Waals surface area contributed by atoms with Gasteiger partial charge in [-0.15, -0.1) is 0 Å². The standard InChI is InChI=1S/C23H22N6OS/c1-14-6-7-20(29-24-8-9-25-29)17(10-14)22(30)28-12-15-11-16(15)21(28)13-31-23-26-18-4-2-3-5-19(18)27-23/h2-10,15-16,21H,11-13H2,1H3,(H,26,27)/t15-,16-,21-/m1/s1. The number of piperidine rings is 1. The van der Waals surface area contributed by atoms with Gasteiger partial charge in [-0.1, -0.05) is 35.5 Å². The molecule has 1 aliphatic heterocycles. The zero-order valence-corrected chi connectivity index (χ0v) is 17.9. The lowest BCUT2D eigenvalue weighted by atomic mass is 10.1. The Kier molecular flexibility index (Phi) is 4.34. The van der Waals surface area contributed by atoms with Crippen molar-refractivity contribution in [3.63, 3.8) is 0 Å². The molecule has 0 unspecified atom stereocenters. The average Bonchev–Trinajstić information content (AvgIpc) is 3.17. The van der Waals surface area contributed by atoms with Crippen molar-refractivity contribution in [1.29, 1.82) is 0 Å². The molecular formula is C23H22N6OS. The number of nitrogens with one attached hydrogen (secondary N) is 1. The number of imidazole rings is 1. The number of amides is 1. The smallest absolute Gasteiger partial charge is 0.256 e. The number of fused-ring (bicyclic) bond motifs is 2. The number of thioether (sulfide) groups is 1. The number of H-pyrrole nitrogens is 1. The fourth-order valence-electron chi connectivity index (χ4n) is 4.67. The van der Waals surface area contributed by atoms with E-state index in [0.717, 1.165) is 39.7 Å².